The van der Waals surface area contributed by atoms with E-state index in [0.717, 1.165) is 7.11 Å². The number of allylic oxidation sites excluding steroid dienone is 4. The van der Waals surface area contributed by atoms with Crippen LogP contribution < -0.4 is 0 Å². The van der Waals surface area contributed by atoms with Gasteiger partial charge in [-0.25, -0.2) is 0 Å². The predicted molar refractivity (Wildman–Crippen MR) is 44.9 cm³/mol. The lowest BCUT2D eigenvalue weighted by Gasteiger charge is -2.03. The number of rotatable bonds is 1. The molecule has 0 bridgehead atoms. The molecule has 0 radical (unpaired) electrons. The first kappa shape index (κ1) is 9.44. The monoisotopic (exact) mass is 140 g/mol. The van der Waals surface area contributed by atoms with E-state index in [1.165, 1.54) is 19.3 Å². The highest BCUT2D eigenvalue weighted by atomic mass is 16.2. The molecular weight excluding hydrogens is 124 g/mol. The third kappa shape index (κ3) is 3.46. The lowest BCUT2D eigenvalue weighted by Crippen LogP contribution is -1.83. The maximum absolute atomic E-state index is 7.00. The normalized spacial score (nSPS) is 15.3. The summed E-state index contributed by atoms with van der Waals surface area (Å²) in [5, 5.41) is 7.00. The second kappa shape index (κ2) is 6.56. The highest BCUT2D eigenvalue weighted by Gasteiger charge is 1.93. The SMILES string of the molecule is CCC1=CC=CCC1.CO. The fourth-order valence-electron chi connectivity index (χ4n) is 0.947. The van der Waals surface area contributed by atoms with Crippen molar-refractivity contribution in [3.63, 3.8) is 0 Å². The van der Waals surface area contributed by atoms with Gasteiger partial charge in [-0.15, -0.1) is 0 Å². The molecule has 0 aliphatic heterocycles. The zero-order chi connectivity index (χ0) is 7.82. The van der Waals surface area contributed by atoms with Crippen molar-refractivity contribution in [2.45, 2.75) is 26.2 Å². The van der Waals surface area contributed by atoms with Crippen LogP contribution in [0.5, 0.6) is 0 Å². The second-order valence-electron chi connectivity index (χ2n) is 2.15. The molecule has 1 aliphatic rings. The molecule has 1 aliphatic carbocycles. The third-order valence-electron chi connectivity index (χ3n) is 1.55. The van der Waals surface area contributed by atoms with E-state index in [2.05, 4.69) is 25.2 Å². The molecule has 0 spiro atoms. The number of aliphatic hydroxyl groups excluding tert-OH is 1. The van der Waals surface area contributed by atoms with Gasteiger partial charge in [-0.05, 0) is 19.3 Å². The average Bonchev–Trinajstić information content (AvgIpc) is 2.10. The van der Waals surface area contributed by atoms with Gasteiger partial charge in [-0.2, -0.15) is 0 Å². The molecule has 1 nitrogen and oxygen atoms in total. The van der Waals surface area contributed by atoms with Crippen LogP contribution in [0.3, 0.4) is 0 Å². The largest absolute Gasteiger partial charge is 0.400 e. The van der Waals surface area contributed by atoms with Crippen LogP contribution in [0.15, 0.2) is 23.8 Å². The zero-order valence-electron chi connectivity index (χ0n) is 6.80. The van der Waals surface area contributed by atoms with Gasteiger partial charge >= 0.3 is 0 Å². The summed E-state index contributed by atoms with van der Waals surface area (Å²) in [5.41, 5.74) is 1.59. The Hall–Kier alpha value is -0.560. The molecule has 0 aromatic heterocycles. The minimum absolute atomic E-state index is 1.00. The lowest BCUT2D eigenvalue weighted by atomic mass is 10.0. The Kier molecular flexibility index (Phi) is 6.19. The minimum Gasteiger partial charge on any atom is -0.400 e. The van der Waals surface area contributed by atoms with Crippen molar-refractivity contribution in [2.24, 2.45) is 0 Å². The molecule has 0 saturated heterocycles. The second-order valence-corrected chi connectivity index (χ2v) is 2.15. The van der Waals surface area contributed by atoms with Gasteiger partial charge in [-0.1, -0.05) is 30.7 Å². The number of hydrogen-bond donors (Lipinski definition) is 1. The molecule has 1 rings (SSSR count). The summed E-state index contributed by atoms with van der Waals surface area (Å²) < 4.78 is 0. The van der Waals surface area contributed by atoms with Crippen LogP contribution >= 0.6 is 0 Å². The van der Waals surface area contributed by atoms with Crippen LogP contribution in [0.1, 0.15) is 26.2 Å². The van der Waals surface area contributed by atoms with Crippen LogP contribution in [-0.4, -0.2) is 12.2 Å². The van der Waals surface area contributed by atoms with Crippen molar-refractivity contribution in [3.05, 3.63) is 23.8 Å². The first-order valence-electron chi connectivity index (χ1n) is 3.73. The molecule has 0 saturated carbocycles. The smallest absolute Gasteiger partial charge is 0.0319 e. The van der Waals surface area contributed by atoms with Crippen molar-refractivity contribution in [2.75, 3.05) is 7.11 Å². The fourth-order valence-corrected chi connectivity index (χ4v) is 0.947. The summed E-state index contributed by atoms with van der Waals surface area (Å²) in [6.45, 7) is 2.21. The molecule has 58 valence electrons. The van der Waals surface area contributed by atoms with Gasteiger partial charge in [0.25, 0.3) is 0 Å². The molecule has 0 amide bonds. The van der Waals surface area contributed by atoms with Gasteiger partial charge in [0, 0.05) is 7.11 Å². The van der Waals surface area contributed by atoms with Gasteiger partial charge in [0.05, 0.1) is 0 Å². The van der Waals surface area contributed by atoms with Crippen molar-refractivity contribution >= 4 is 0 Å². The van der Waals surface area contributed by atoms with Crippen LogP contribution in [-0.2, 0) is 0 Å². The van der Waals surface area contributed by atoms with E-state index in [-0.39, 0.29) is 0 Å². The molecule has 0 unspecified atom stereocenters. The van der Waals surface area contributed by atoms with Crippen LogP contribution in [0, 0.1) is 0 Å². The Morgan fingerprint density at radius 3 is 2.50 bits per heavy atom. The molecule has 10 heavy (non-hydrogen) atoms. The summed E-state index contributed by atoms with van der Waals surface area (Å²) in [5.74, 6) is 0. The molecule has 1 heteroatoms. The highest BCUT2D eigenvalue weighted by molar-refractivity contribution is 5.16. The molecule has 0 atom stereocenters. The number of aliphatic hydroxyl groups is 1. The van der Waals surface area contributed by atoms with E-state index in [4.69, 9.17) is 5.11 Å². The maximum Gasteiger partial charge on any atom is 0.0319 e. The predicted octanol–water partition coefficient (Wildman–Crippen LogP) is 2.28. The quantitative estimate of drug-likeness (QED) is 0.592. The van der Waals surface area contributed by atoms with Crippen molar-refractivity contribution in [3.8, 4) is 0 Å². The molecular formula is C9H16O. The van der Waals surface area contributed by atoms with E-state index in [1.54, 1.807) is 5.57 Å². The topological polar surface area (TPSA) is 20.2 Å². The van der Waals surface area contributed by atoms with Crippen molar-refractivity contribution in [1.82, 2.24) is 0 Å². The molecule has 0 fully saturated rings. The summed E-state index contributed by atoms with van der Waals surface area (Å²) in [7, 11) is 1.00. The summed E-state index contributed by atoms with van der Waals surface area (Å²) >= 11 is 0. The van der Waals surface area contributed by atoms with Crippen molar-refractivity contribution < 1.29 is 5.11 Å². The van der Waals surface area contributed by atoms with Crippen LogP contribution in [0.2, 0.25) is 0 Å². The van der Waals surface area contributed by atoms with Crippen molar-refractivity contribution in [1.29, 1.82) is 0 Å². The van der Waals surface area contributed by atoms with Crippen LogP contribution in [0.4, 0.5) is 0 Å². The summed E-state index contributed by atoms with van der Waals surface area (Å²) in [6, 6.07) is 0. The third-order valence-corrected chi connectivity index (χ3v) is 1.55. The van der Waals surface area contributed by atoms with Gasteiger partial charge in [-0.3, -0.25) is 0 Å². The average molecular weight is 140 g/mol. The Labute approximate surface area is 63.1 Å². The van der Waals surface area contributed by atoms with Gasteiger partial charge in [0.1, 0.15) is 0 Å². The van der Waals surface area contributed by atoms with E-state index < -0.39 is 0 Å². The molecule has 0 heterocycles. The first-order valence-corrected chi connectivity index (χ1v) is 3.73. The molecule has 0 aromatic rings. The zero-order valence-corrected chi connectivity index (χ0v) is 6.80. The summed E-state index contributed by atoms with van der Waals surface area (Å²) in [4.78, 5) is 0. The van der Waals surface area contributed by atoms with E-state index in [1.807, 2.05) is 0 Å². The Morgan fingerprint density at radius 1 is 1.50 bits per heavy atom. The van der Waals surface area contributed by atoms with Gasteiger partial charge in [0.2, 0.25) is 0 Å². The highest BCUT2D eigenvalue weighted by Crippen LogP contribution is 2.13. The molecule has 0 aromatic carbocycles. The lowest BCUT2D eigenvalue weighted by molar-refractivity contribution is 0.399. The Morgan fingerprint density at radius 2 is 2.20 bits per heavy atom. The van der Waals surface area contributed by atoms with Gasteiger partial charge < -0.3 is 5.11 Å². The maximum atomic E-state index is 7.00. The standard InChI is InChI=1S/C8H12.CH4O/c1-2-8-6-4-3-5-7-8;1-2/h3-4,6H,2,5,7H2,1H3;2H,1H3. The first-order chi connectivity index (χ1) is 4.93. The van der Waals surface area contributed by atoms with E-state index in [9.17, 15) is 0 Å². The fraction of sp³-hybridized carbons (Fsp3) is 0.556. The minimum atomic E-state index is 1.00. The van der Waals surface area contributed by atoms with Gasteiger partial charge in [0.15, 0.2) is 0 Å². The van der Waals surface area contributed by atoms with Crippen LogP contribution in [0.25, 0.3) is 0 Å². The number of hydrogen-bond acceptors (Lipinski definition) is 1. The van der Waals surface area contributed by atoms with E-state index >= 15 is 0 Å². The molecule has 1 N–H and O–H groups in total. The summed E-state index contributed by atoms with van der Waals surface area (Å²) in [6.07, 6.45) is 10.4. The van der Waals surface area contributed by atoms with E-state index in [0.29, 0.717) is 0 Å². The Bertz CT molecular complexity index is 123. The Balaban J connectivity index is 0.000000371.